The van der Waals surface area contributed by atoms with E-state index in [1.807, 2.05) is 0 Å². The summed E-state index contributed by atoms with van der Waals surface area (Å²) in [5.74, 6) is 0. The molecule has 1 aliphatic rings. The highest BCUT2D eigenvalue weighted by atomic mass is 79.9. The van der Waals surface area contributed by atoms with Gasteiger partial charge in [-0.05, 0) is 45.5 Å². The first-order chi connectivity index (χ1) is 10.6. The monoisotopic (exact) mass is 348 g/mol. The van der Waals surface area contributed by atoms with Crippen LogP contribution in [0, 0.1) is 0 Å². The molecule has 0 saturated heterocycles. The van der Waals surface area contributed by atoms with E-state index in [9.17, 15) is 0 Å². The lowest BCUT2D eigenvalue weighted by atomic mass is 9.79. The summed E-state index contributed by atoms with van der Waals surface area (Å²) in [6.45, 7) is 4.66. The third-order valence-corrected chi connectivity index (χ3v) is 5.21. The summed E-state index contributed by atoms with van der Waals surface area (Å²) >= 11 is 3.60. The Hall–Kier alpha value is -1.86. The van der Waals surface area contributed by atoms with Gasteiger partial charge in [-0.1, -0.05) is 84.4 Å². The summed E-state index contributed by atoms with van der Waals surface area (Å²) in [4.78, 5) is 0. The van der Waals surface area contributed by atoms with E-state index in [1.54, 1.807) is 0 Å². The largest absolute Gasteiger partial charge is 0.0619 e. The molecule has 3 aromatic carbocycles. The minimum absolute atomic E-state index is 0.0326. The normalized spacial score (nSPS) is 14.5. The number of hydrogen-bond donors (Lipinski definition) is 0. The molecule has 4 rings (SSSR count). The smallest absolute Gasteiger partial charge is 0.0181 e. The van der Waals surface area contributed by atoms with E-state index in [0.29, 0.717) is 0 Å². The van der Waals surface area contributed by atoms with Crippen molar-refractivity contribution in [2.45, 2.75) is 19.3 Å². The molecule has 0 amide bonds. The summed E-state index contributed by atoms with van der Waals surface area (Å²) in [5.41, 5.74) is 8.25. The molecule has 0 radical (unpaired) electrons. The molecule has 0 spiro atoms. The van der Waals surface area contributed by atoms with Gasteiger partial charge >= 0.3 is 0 Å². The molecule has 0 atom stereocenters. The third kappa shape index (κ3) is 1.89. The second-order valence-electron chi connectivity index (χ2n) is 6.41. The lowest BCUT2D eigenvalue weighted by molar-refractivity contribution is 0.662. The van der Waals surface area contributed by atoms with Crippen molar-refractivity contribution in [2.24, 2.45) is 0 Å². The molecule has 1 heteroatoms. The minimum atomic E-state index is 0.0326. The number of halogens is 1. The van der Waals surface area contributed by atoms with Crippen molar-refractivity contribution in [3.8, 4) is 22.3 Å². The summed E-state index contributed by atoms with van der Waals surface area (Å²) < 4.78 is 1.12. The van der Waals surface area contributed by atoms with E-state index < -0.39 is 0 Å². The molecule has 3 aromatic rings. The average Bonchev–Trinajstić information content (AvgIpc) is 2.76. The van der Waals surface area contributed by atoms with Crippen LogP contribution in [0.5, 0.6) is 0 Å². The Bertz CT molecular complexity index is 875. The van der Waals surface area contributed by atoms with Crippen LogP contribution in [0.3, 0.4) is 0 Å². The zero-order valence-corrected chi connectivity index (χ0v) is 14.3. The fourth-order valence-electron chi connectivity index (χ4n) is 3.74. The molecule has 0 bridgehead atoms. The lowest BCUT2D eigenvalue weighted by Gasteiger charge is -2.24. The van der Waals surface area contributed by atoms with Gasteiger partial charge in [0, 0.05) is 9.89 Å². The number of fused-ring (bicyclic) bond motifs is 3. The van der Waals surface area contributed by atoms with Crippen LogP contribution in [0.2, 0.25) is 0 Å². The number of hydrogen-bond acceptors (Lipinski definition) is 0. The molecule has 0 saturated carbocycles. The van der Waals surface area contributed by atoms with Gasteiger partial charge in [-0.2, -0.15) is 0 Å². The SMILES string of the molecule is CC1(C)c2ccccc2-c2cccc(-c3cccc(Br)c3)c21. The van der Waals surface area contributed by atoms with E-state index in [4.69, 9.17) is 0 Å². The Morgan fingerprint density at radius 3 is 2.23 bits per heavy atom. The van der Waals surface area contributed by atoms with Crippen molar-refractivity contribution in [3.63, 3.8) is 0 Å². The first-order valence-electron chi connectivity index (χ1n) is 7.58. The van der Waals surface area contributed by atoms with E-state index >= 15 is 0 Å². The molecule has 0 aromatic heterocycles. The van der Waals surface area contributed by atoms with Crippen LogP contribution >= 0.6 is 15.9 Å². The topological polar surface area (TPSA) is 0 Å². The lowest BCUT2D eigenvalue weighted by Crippen LogP contribution is -2.16. The Kier molecular flexibility index (Phi) is 3.02. The standard InChI is InChI=1S/C21H17Br/c1-21(2)19-12-4-3-9-17(19)18-11-6-10-16(20(18)21)14-7-5-8-15(22)13-14/h3-13H,1-2H3. The van der Waals surface area contributed by atoms with Gasteiger partial charge in [-0.25, -0.2) is 0 Å². The predicted octanol–water partition coefficient (Wildman–Crippen LogP) is 6.42. The van der Waals surface area contributed by atoms with Crippen LogP contribution in [0.25, 0.3) is 22.3 Å². The van der Waals surface area contributed by atoms with Crippen molar-refractivity contribution in [2.75, 3.05) is 0 Å². The summed E-state index contributed by atoms with van der Waals surface area (Å²) in [6.07, 6.45) is 0. The van der Waals surface area contributed by atoms with Gasteiger partial charge in [0.1, 0.15) is 0 Å². The van der Waals surface area contributed by atoms with Crippen molar-refractivity contribution in [1.82, 2.24) is 0 Å². The molecule has 1 aliphatic carbocycles. The Labute approximate surface area is 140 Å². The van der Waals surface area contributed by atoms with Crippen LogP contribution in [0.1, 0.15) is 25.0 Å². The highest BCUT2D eigenvalue weighted by Crippen LogP contribution is 2.51. The van der Waals surface area contributed by atoms with Crippen LogP contribution in [0.4, 0.5) is 0 Å². The second kappa shape index (κ2) is 4.82. The first kappa shape index (κ1) is 13.8. The Morgan fingerprint density at radius 1 is 0.727 bits per heavy atom. The molecule has 0 heterocycles. The fourth-order valence-corrected chi connectivity index (χ4v) is 4.14. The summed E-state index contributed by atoms with van der Waals surface area (Å²) in [7, 11) is 0. The average molecular weight is 349 g/mol. The van der Waals surface area contributed by atoms with Crippen molar-refractivity contribution < 1.29 is 0 Å². The molecule has 0 unspecified atom stereocenters. The summed E-state index contributed by atoms with van der Waals surface area (Å²) in [5, 5.41) is 0. The zero-order chi connectivity index (χ0) is 15.3. The van der Waals surface area contributed by atoms with Gasteiger partial charge in [0.2, 0.25) is 0 Å². The van der Waals surface area contributed by atoms with E-state index in [1.165, 1.54) is 33.4 Å². The Morgan fingerprint density at radius 2 is 1.41 bits per heavy atom. The molecule has 0 fully saturated rings. The minimum Gasteiger partial charge on any atom is -0.0619 e. The quantitative estimate of drug-likeness (QED) is 0.475. The van der Waals surface area contributed by atoms with E-state index in [2.05, 4.69) is 96.5 Å². The number of rotatable bonds is 1. The van der Waals surface area contributed by atoms with Gasteiger partial charge in [-0.3, -0.25) is 0 Å². The maximum atomic E-state index is 3.60. The first-order valence-corrected chi connectivity index (χ1v) is 8.37. The highest BCUT2D eigenvalue weighted by Gasteiger charge is 2.37. The van der Waals surface area contributed by atoms with Crippen LogP contribution in [-0.4, -0.2) is 0 Å². The number of benzene rings is 3. The molecule has 22 heavy (non-hydrogen) atoms. The van der Waals surface area contributed by atoms with Gasteiger partial charge in [0.05, 0.1) is 0 Å². The van der Waals surface area contributed by atoms with Crippen LogP contribution < -0.4 is 0 Å². The molecular weight excluding hydrogens is 332 g/mol. The Balaban J connectivity index is 2.04. The van der Waals surface area contributed by atoms with E-state index in [0.717, 1.165) is 4.47 Å². The second-order valence-corrected chi connectivity index (χ2v) is 7.32. The third-order valence-electron chi connectivity index (χ3n) is 4.72. The highest BCUT2D eigenvalue weighted by molar-refractivity contribution is 9.10. The fraction of sp³-hybridized carbons (Fsp3) is 0.143. The maximum Gasteiger partial charge on any atom is 0.0181 e. The molecule has 0 aliphatic heterocycles. The molecular formula is C21H17Br. The van der Waals surface area contributed by atoms with Gasteiger partial charge in [0.15, 0.2) is 0 Å². The maximum absolute atomic E-state index is 3.60. The van der Waals surface area contributed by atoms with E-state index in [-0.39, 0.29) is 5.41 Å². The zero-order valence-electron chi connectivity index (χ0n) is 12.7. The molecule has 0 N–H and O–H groups in total. The van der Waals surface area contributed by atoms with Gasteiger partial charge in [-0.15, -0.1) is 0 Å². The molecule has 108 valence electrons. The van der Waals surface area contributed by atoms with Gasteiger partial charge in [0.25, 0.3) is 0 Å². The van der Waals surface area contributed by atoms with Crippen molar-refractivity contribution in [1.29, 1.82) is 0 Å². The van der Waals surface area contributed by atoms with Crippen LogP contribution in [0.15, 0.2) is 71.2 Å². The van der Waals surface area contributed by atoms with Crippen LogP contribution in [-0.2, 0) is 5.41 Å². The summed E-state index contributed by atoms with van der Waals surface area (Å²) in [6, 6.07) is 24.0. The van der Waals surface area contributed by atoms with Crippen molar-refractivity contribution in [3.05, 3.63) is 82.3 Å². The predicted molar refractivity (Wildman–Crippen MR) is 97.1 cm³/mol. The molecule has 0 nitrogen and oxygen atoms in total. The van der Waals surface area contributed by atoms with Gasteiger partial charge < -0.3 is 0 Å². The van der Waals surface area contributed by atoms with Crippen molar-refractivity contribution >= 4 is 15.9 Å².